The molecule has 0 atom stereocenters. The van der Waals surface area contributed by atoms with E-state index in [4.69, 9.17) is 4.42 Å². The van der Waals surface area contributed by atoms with Crippen molar-refractivity contribution in [1.29, 1.82) is 0 Å². The predicted octanol–water partition coefficient (Wildman–Crippen LogP) is 4.81. The number of aromatic nitrogens is 2. The average molecular weight is 379 g/mol. The lowest BCUT2D eigenvalue weighted by Crippen LogP contribution is -2.07. The summed E-state index contributed by atoms with van der Waals surface area (Å²) >= 11 is 1.82. The SMILES string of the molecule is CC(C)Sc1ccc(Cc2nnc(NC(=O)/C=C/c3ccccc3)o2)cc1. The van der Waals surface area contributed by atoms with Crippen LogP contribution in [0.4, 0.5) is 6.01 Å². The molecule has 0 radical (unpaired) electrons. The van der Waals surface area contributed by atoms with Gasteiger partial charge in [-0.3, -0.25) is 10.1 Å². The van der Waals surface area contributed by atoms with Gasteiger partial charge in [0.25, 0.3) is 5.91 Å². The minimum absolute atomic E-state index is 0.0969. The molecule has 0 saturated heterocycles. The molecule has 1 N–H and O–H groups in total. The first-order valence-electron chi connectivity index (χ1n) is 8.70. The fourth-order valence-corrected chi connectivity index (χ4v) is 3.23. The van der Waals surface area contributed by atoms with Gasteiger partial charge in [-0.2, -0.15) is 0 Å². The van der Waals surface area contributed by atoms with Crippen LogP contribution in [0.25, 0.3) is 6.08 Å². The molecular weight excluding hydrogens is 358 g/mol. The van der Waals surface area contributed by atoms with E-state index in [1.165, 1.54) is 11.0 Å². The van der Waals surface area contributed by atoms with Gasteiger partial charge in [0.1, 0.15) is 0 Å². The number of nitrogens with one attached hydrogen (secondary N) is 1. The van der Waals surface area contributed by atoms with Gasteiger partial charge in [0, 0.05) is 16.2 Å². The Morgan fingerprint density at radius 1 is 1.11 bits per heavy atom. The lowest BCUT2D eigenvalue weighted by molar-refractivity contribution is -0.112. The monoisotopic (exact) mass is 379 g/mol. The molecule has 0 bridgehead atoms. The fraction of sp³-hybridized carbons (Fsp3) is 0.190. The third-order valence-electron chi connectivity index (χ3n) is 3.57. The number of amides is 1. The minimum Gasteiger partial charge on any atom is -0.407 e. The van der Waals surface area contributed by atoms with Gasteiger partial charge in [-0.25, -0.2) is 0 Å². The van der Waals surface area contributed by atoms with Gasteiger partial charge in [-0.15, -0.1) is 16.9 Å². The van der Waals surface area contributed by atoms with E-state index in [0.717, 1.165) is 11.1 Å². The smallest absolute Gasteiger partial charge is 0.322 e. The number of anilines is 1. The highest BCUT2D eigenvalue weighted by atomic mass is 32.2. The second-order valence-corrected chi connectivity index (χ2v) is 7.87. The highest BCUT2D eigenvalue weighted by molar-refractivity contribution is 7.99. The maximum atomic E-state index is 12.0. The van der Waals surface area contributed by atoms with Crippen molar-refractivity contribution in [3.05, 3.63) is 77.7 Å². The number of benzene rings is 2. The van der Waals surface area contributed by atoms with Gasteiger partial charge in [-0.1, -0.05) is 61.4 Å². The van der Waals surface area contributed by atoms with Gasteiger partial charge < -0.3 is 4.42 Å². The maximum Gasteiger partial charge on any atom is 0.322 e. The van der Waals surface area contributed by atoms with Gasteiger partial charge in [0.2, 0.25) is 5.89 Å². The number of carbonyl (C=O) groups is 1. The van der Waals surface area contributed by atoms with E-state index < -0.39 is 0 Å². The molecule has 6 heteroatoms. The molecule has 138 valence electrons. The summed E-state index contributed by atoms with van der Waals surface area (Å²) in [6.45, 7) is 4.34. The zero-order chi connectivity index (χ0) is 19.1. The van der Waals surface area contributed by atoms with Crippen LogP contribution in [-0.4, -0.2) is 21.4 Å². The first-order valence-corrected chi connectivity index (χ1v) is 9.58. The van der Waals surface area contributed by atoms with Crippen LogP contribution in [0.2, 0.25) is 0 Å². The third kappa shape index (κ3) is 6.11. The number of hydrogen-bond acceptors (Lipinski definition) is 5. The molecule has 0 saturated carbocycles. The molecule has 0 unspecified atom stereocenters. The first kappa shape index (κ1) is 18.9. The standard InChI is InChI=1S/C21H21N3O2S/c1-15(2)27-18-11-8-17(9-12-18)14-20-23-24-21(26-20)22-19(25)13-10-16-6-4-3-5-7-16/h3-13,15H,14H2,1-2H3,(H,22,24,25)/b13-10+. The number of rotatable bonds is 7. The van der Waals surface area contributed by atoms with Crippen molar-refractivity contribution in [3.8, 4) is 0 Å². The Balaban J connectivity index is 1.55. The van der Waals surface area contributed by atoms with Crippen molar-refractivity contribution >= 4 is 29.8 Å². The summed E-state index contributed by atoms with van der Waals surface area (Å²) in [5.74, 6) is 0.144. The lowest BCUT2D eigenvalue weighted by Gasteiger charge is -2.05. The molecule has 0 spiro atoms. The summed E-state index contributed by atoms with van der Waals surface area (Å²) in [4.78, 5) is 13.2. The van der Waals surface area contributed by atoms with Crippen LogP contribution in [0.3, 0.4) is 0 Å². The van der Waals surface area contributed by atoms with Gasteiger partial charge in [0.05, 0.1) is 6.42 Å². The molecule has 0 aliphatic heterocycles. The molecule has 0 aliphatic rings. The van der Waals surface area contributed by atoms with Crippen molar-refractivity contribution in [2.24, 2.45) is 0 Å². The van der Waals surface area contributed by atoms with E-state index >= 15 is 0 Å². The number of thioether (sulfide) groups is 1. The second kappa shape index (κ2) is 9.19. The van der Waals surface area contributed by atoms with E-state index in [-0.39, 0.29) is 11.9 Å². The summed E-state index contributed by atoms with van der Waals surface area (Å²) in [7, 11) is 0. The van der Waals surface area contributed by atoms with Gasteiger partial charge in [0.15, 0.2) is 0 Å². The quantitative estimate of drug-likeness (QED) is 0.471. The number of carbonyl (C=O) groups excluding carboxylic acids is 1. The van der Waals surface area contributed by atoms with Crippen LogP contribution < -0.4 is 5.32 Å². The molecule has 1 aromatic heterocycles. The number of hydrogen-bond donors (Lipinski definition) is 1. The molecule has 3 aromatic rings. The van der Waals surface area contributed by atoms with Crippen molar-refractivity contribution in [3.63, 3.8) is 0 Å². The Morgan fingerprint density at radius 2 is 1.85 bits per heavy atom. The Labute approximate surface area is 162 Å². The average Bonchev–Trinajstić information content (AvgIpc) is 3.09. The molecule has 27 heavy (non-hydrogen) atoms. The van der Waals surface area contributed by atoms with Crippen LogP contribution in [0.5, 0.6) is 0 Å². The topological polar surface area (TPSA) is 68.0 Å². The molecule has 1 heterocycles. The van der Waals surface area contributed by atoms with E-state index in [9.17, 15) is 4.79 Å². The van der Waals surface area contributed by atoms with E-state index in [0.29, 0.717) is 17.6 Å². The van der Waals surface area contributed by atoms with E-state index in [1.54, 1.807) is 6.08 Å². The van der Waals surface area contributed by atoms with Crippen LogP contribution in [0.15, 0.2) is 70.0 Å². The van der Waals surface area contributed by atoms with E-state index in [1.807, 2.05) is 42.1 Å². The molecule has 0 aliphatic carbocycles. The van der Waals surface area contributed by atoms with Crippen molar-refractivity contribution in [2.45, 2.75) is 30.4 Å². The molecule has 2 aromatic carbocycles. The molecule has 5 nitrogen and oxygen atoms in total. The molecule has 1 amide bonds. The van der Waals surface area contributed by atoms with Crippen LogP contribution in [0, 0.1) is 0 Å². The van der Waals surface area contributed by atoms with E-state index in [2.05, 4.69) is 53.6 Å². The number of nitrogens with zero attached hydrogens (tertiary/aromatic N) is 2. The Bertz CT molecular complexity index is 903. The summed E-state index contributed by atoms with van der Waals surface area (Å²) in [6, 6.07) is 18.0. The van der Waals surface area contributed by atoms with Crippen LogP contribution in [0.1, 0.15) is 30.9 Å². The Kier molecular flexibility index (Phi) is 6.44. The zero-order valence-electron chi connectivity index (χ0n) is 15.3. The van der Waals surface area contributed by atoms with Crippen molar-refractivity contribution in [1.82, 2.24) is 10.2 Å². The summed E-state index contributed by atoms with van der Waals surface area (Å²) in [5.41, 5.74) is 2.02. The first-order chi connectivity index (χ1) is 13.1. The van der Waals surface area contributed by atoms with Crippen LogP contribution >= 0.6 is 11.8 Å². The van der Waals surface area contributed by atoms with Gasteiger partial charge >= 0.3 is 6.01 Å². The molecular formula is C21H21N3O2S. The normalized spacial score (nSPS) is 11.2. The highest BCUT2D eigenvalue weighted by Crippen LogP contribution is 2.23. The zero-order valence-corrected chi connectivity index (χ0v) is 16.1. The summed E-state index contributed by atoms with van der Waals surface area (Å²) in [5, 5.41) is 11.0. The summed E-state index contributed by atoms with van der Waals surface area (Å²) in [6.07, 6.45) is 3.68. The Morgan fingerprint density at radius 3 is 2.56 bits per heavy atom. The molecule has 0 fully saturated rings. The lowest BCUT2D eigenvalue weighted by atomic mass is 10.1. The van der Waals surface area contributed by atoms with Crippen molar-refractivity contribution in [2.75, 3.05) is 5.32 Å². The molecule has 3 rings (SSSR count). The van der Waals surface area contributed by atoms with Crippen LogP contribution in [-0.2, 0) is 11.2 Å². The Hall–Kier alpha value is -2.86. The summed E-state index contributed by atoms with van der Waals surface area (Å²) < 4.78 is 5.51. The minimum atomic E-state index is -0.316. The maximum absolute atomic E-state index is 12.0. The second-order valence-electron chi connectivity index (χ2n) is 6.22. The third-order valence-corrected chi connectivity index (χ3v) is 4.59. The van der Waals surface area contributed by atoms with Gasteiger partial charge in [-0.05, 0) is 29.3 Å². The fourth-order valence-electron chi connectivity index (χ4n) is 2.39. The highest BCUT2D eigenvalue weighted by Gasteiger charge is 2.09. The van der Waals surface area contributed by atoms with Crippen molar-refractivity contribution < 1.29 is 9.21 Å². The predicted molar refractivity (Wildman–Crippen MR) is 109 cm³/mol. The largest absolute Gasteiger partial charge is 0.407 e.